The second-order valence-electron chi connectivity index (χ2n) is 12.1. The Kier molecular flexibility index (Phi) is 10.2. The van der Waals surface area contributed by atoms with Crippen molar-refractivity contribution in [3.63, 3.8) is 0 Å². The van der Waals surface area contributed by atoms with Gasteiger partial charge in [-0.15, -0.1) is 10.2 Å². The summed E-state index contributed by atoms with van der Waals surface area (Å²) in [5.74, 6) is 0.180. The van der Waals surface area contributed by atoms with Crippen LogP contribution in [0.25, 0.3) is 16.5 Å². The van der Waals surface area contributed by atoms with Crippen molar-refractivity contribution in [3.05, 3.63) is 143 Å². The first-order chi connectivity index (χ1) is 25.3. The monoisotopic (exact) mass is 729 g/mol. The first-order valence-electron chi connectivity index (χ1n) is 16.7. The van der Waals surface area contributed by atoms with Crippen LogP contribution in [0.5, 0.6) is 17.2 Å². The molecule has 0 aliphatic carbocycles. The third kappa shape index (κ3) is 7.10. The molecule has 0 radical (unpaired) electrons. The van der Waals surface area contributed by atoms with Gasteiger partial charge in [-0.1, -0.05) is 101 Å². The van der Waals surface area contributed by atoms with Crippen molar-refractivity contribution in [2.75, 3.05) is 18.6 Å². The highest BCUT2D eigenvalue weighted by molar-refractivity contribution is 8.00. The van der Waals surface area contributed by atoms with E-state index in [4.69, 9.17) is 14.2 Å². The van der Waals surface area contributed by atoms with E-state index in [1.54, 1.807) is 42.5 Å². The quantitative estimate of drug-likeness (QED) is 0.0434. The number of anilines is 1. The molecular formula is C41H35N3O6S2. The minimum Gasteiger partial charge on any atom is -0.507 e. The largest absolute Gasteiger partial charge is 0.507 e. The molecule has 2 heterocycles. The molecule has 1 fully saturated rings. The second kappa shape index (κ2) is 15.3. The lowest BCUT2D eigenvalue weighted by Gasteiger charge is -2.23. The molecular weight excluding hydrogens is 695 g/mol. The van der Waals surface area contributed by atoms with Gasteiger partial charge in [-0.25, -0.2) is 0 Å². The number of Topliss-reactive ketones (excluding diaryl/α,β-unsaturated/α-hetero) is 1. The maximum Gasteiger partial charge on any atom is 0.301 e. The molecule has 262 valence electrons. The molecule has 7 rings (SSSR count). The van der Waals surface area contributed by atoms with Crippen LogP contribution >= 0.6 is 23.1 Å². The number of aryl methyl sites for hydroxylation is 1. The fourth-order valence-corrected chi connectivity index (χ4v) is 8.09. The van der Waals surface area contributed by atoms with E-state index >= 15 is 0 Å². The molecule has 0 spiro atoms. The van der Waals surface area contributed by atoms with Crippen LogP contribution in [-0.4, -0.2) is 40.7 Å². The van der Waals surface area contributed by atoms with Crippen molar-refractivity contribution in [3.8, 4) is 17.2 Å². The van der Waals surface area contributed by atoms with Gasteiger partial charge in [0.05, 0.1) is 25.3 Å². The fraction of sp³-hybridized carbons (Fsp3) is 0.171. The average molecular weight is 730 g/mol. The Balaban J connectivity index is 1.22. The Morgan fingerprint density at radius 2 is 1.67 bits per heavy atom. The number of benzene rings is 5. The number of rotatable bonds is 12. The van der Waals surface area contributed by atoms with Gasteiger partial charge in [-0.2, -0.15) is 0 Å². The smallest absolute Gasteiger partial charge is 0.301 e. The zero-order valence-electron chi connectivity index (χ0n) is 28.7. The summed E-state index contributed by atoms with van der Waals surface area (Å²) >= 11 is 2.71. The molecule has 6 aromatic rings. The van der Waals surface area contributed by atoms with E-state index in [1.807, 2.05) is 50.2 Å². The number of aliphatic hydroxyl groups excluding tert-OH is 1. The van der Waals surface area contributed by atoms with Gasteiger partial charge in [0.2, 0.25) is 5.13 Å². The molecule has 52 heavy (non-hydrogen) atoms. The van der Waals surface area contributed by atoms with Crippen molar-refractivity contribution in [2.45, 2.75) is 36.6 Å². The summed E-state index contributed by atoms with van der Waals surface area (Å²) in [6, 6.07) is 33.4. The normalized spacial score (nSPS) is 15.3. The number of amides is 1. The molecule has 1 N–H and O–H groups in total. The van der Waals surface area contributed by atoms with Gasteiger partial charge in [0.1, 0.15) is 18.1 Å². The standard InChI is InChI=1S/C41H35N3O6S2/c1-4-49-33-20-17-29(22-34(33)48-3)36-35(37(45)28-15-18-31(19-16-28)50-23-26-10-7-9-25(2)21-26)38(46)39(47)44(36)40-42-43-41(52-40)51-24-30-13-8-12-27-11-5-6-14-32(27)30/h5-22,36,45H,4,23-24H2,1-3H3/b37-35+. The molecule has 1 aliphatic rings. The maximum absolute atomic E-state index is 13.9. The Morgan fingerprint density at radius 1 is 0.885 bits per heavy atom. The van der Waals surface area contributed by atoms with Crippen molar-refractivity contribution < 1.29 is 28.9 Å². The molecule has 1 aromatic heterocycles. The minimum atomic E-state index is -1.02. The summed E-state index contributed by atoms with van der Waals surface area (Å²) < 4.78 is 18.0. The van der Waals surface area contributed by atoms with Gasteiger partial charge in [-0.05, 0) is 77.7 Å². The molecule has 9 nitrogen and oxygen atoms in total. The molecule has 1 amide bonds. The summed E-state index contributed by atoms with van der Waals surface area (Å²) in [6.45, 7) is 4.69. The van der Waals surface area contributed by atoms with Gasteiger partial charge in [0.25, 0.3) is 5.78 Å². The second-order valence-corrected chi connectivity index (χ2v) is 14.3. The van der Waals surface area contributed by atoms with Crippen molar-refractivity contribution in [1.82, 2.24) is 10.2 Å². The summed E-state index contributed by atoms with van der Waals surface area (Å²) in [5.41, 5.74) is 4.12. The molecule has 5 aromatic carbocycles. The van der Waals surface area contributed by atoms with E-state index in [1.165, 1.54) is 35.1 Å². The molecule has 1 saturated heterocycles. The lowest BCUT2D eigenvalue weighted by Crippen LogP contribution is -2.29. The van der Waals surface area contributed by atoms with E-state index in [2.05, 4.69) is 40.5 Å². The van der Waals surface area contributed by atoms with Crippen molar-refractivity contribution in [2.24, 2.45) is 0 Å². The lowest BCUT2D eigenvalue weighted by molar-refractivity contribution is -0.132. The molecule has 0 bridgehead atoms. The van der Waals surface area contributed by atoms with Gasteiger partial charge in [0, 0.05) is 11.3 Å². The predicted octanol–water partition coefficient (Wildman–Crippen LogP) is 8.90. The van der Waals surface area contributed by atoms with Crippen LogP contribution in [-0.2, 0) is 21.9 Å². The zero-order chi connectivity index (χ0) is 36.2. The van der Waals surface area contributed by atoms with Crippen molar-refractivity contribution >= 4 is 56.5 Å². The molecule has 1 atom stereocenters. The van der Waals surface area contributed by atoms with Gasteiger partial charge in [0.15, 0.2) is 15.8 Å². The van der Waals surface area contributed by atoms with E-state index < -0.39 is 17.7 Å². The Labute approximate surface area is 309 Å². The summed E-state index contributed by atoms with van der Waals surface area (Å²) in [4.78, 5) is 29.1. The van der Waals surface area contributed by atoms with Crippen LogP contribution < -0.4 is 19.1 Å². The van der Waals surface area contributed by atoms with Gasteiger partial charge in [-0.3, -0.25) is 14.5 Å². The number of ketones is 1. The van der Waals surface area contributed by atoms with Crippen LogP contribution in [0.4, 0.5) is 5.13 Å². The van der Waals surface area contributed by atoms with Gasteiger partial charge >= 0.3 is 5.91 Å². The third-order valence-electron chi connectivity index (χ3n) is 8.70. The third-order valence-corrected chi connectivity index (χ3v) is 10.8. The van der Waals surface area contributed by atoms with Crippen LogP contribution in [0.1, 0.15) is 40.8 Å². The SMILES string of the molecule is CCOc1ccc(C2/C(=C(\O)c3ccc(OCc4cccc(C)c4)cc3)C(=O)C(=O)N2c2nnc(SCc3cccc4ccccc34)s2)cc1OC. The number of methoxy groups -OCH3 is 1. The number of fused-ring (bicyclic) bond motifs is 1. The Hall–Kier alpha value is -5.65. The van der Waals surface area contributed by atoms with Crippen LogP contribution in [0, 0.1) is 6.92 Å². The average Bonchev–Trinajstić information content (AvgIpc) is 3.74. The van der Waals surface area contributed by atoms with Crippen LogP contribution in [0.15, 0.2) is 119 Å². The summed E-state index contributed by atoms with van der Waals surface area (Å²) in [7, 11) is 1.52. The van der Waals surface area contributed by atoms with Crippen LogP contribution in [0.2, 0.25) is 0 Å². The highest BCUT2D eigenvalue weighted by atomic mass is 32.2. The highest BCUT2D eigenvalue weighted by Gasteiger charge is 2.48. The molecule has 1 unspecified atom stereocenters. The number of ether oxygens (including phenoxy) is 3. The summed E-state index contributed by atoms with van der Waals surface area (Å²) in [5, 5.41) is 23.1. The number of hydrogen-bond donors (Lipinski definition) is 1. The number of thioether (sulfide) groups is 1. The Bertz CT molecular complexity index is 2300. The number of carbonyl (C=O) groups excluding carboxylic acids is 2. The van der Waals surface area contributed by atoms with Crippen molar-refractivity contribution in [1.29, 1.82) is 0 Å². The lowest BCUT2D eigenvalue weighted by atomic mass is 9.95. The number of aliphatic hydroxyl groups is 1. The first kappa shape index (κ1) is 34.8. The predicted molar refractivity (Wildman–Crippen MR) is 204 cm³/mol. The minimum absolute atomic E-state index is 0.0789. The highest BCUT2D eigenvalue weighted by Crippen LogP contribution is 2.46. The van der Waals surface area contributed by atoms with Crippen LogP contribution in [0.3, 0.4) is 0 Å². The molecule has 1 aliphatic heterocycles. The Morgan fingerprint density at radius 3 is 2.46 bits per heavy atom. The topological polar surface area (TPSA) is 111 Å². The number of aromatic nitrogens is 2. The molecule has 0 saturated carbocycles. The number of carbonyl (C=O) groups is 2. The number of nitrogens with zero attached hydrogens (tertiary/aromatic N) is 3. The number of hydrogen-bond acceptors (Lipinski definition) is 10. The van der Waals surface area contributed by atoms with E-state index in [-0.39, 0.29) is 16.5 Å². The van der Waals surface area contributed by atoms with E-state index in [0.717, 1.165) is 27.5 Å². The summed E-state index contributed by atoms with van der Waals surface area (Å²) in [6.07, 6.45) is 0. The zero-order valence-corrected chi connectivity index (χ0v) is 30.4. The van der Waals surface area contributed by atoms with Gasteiger partial charge < -0.3 is 19.3 Å². The van der Waals surface area contributed by atoms with E-state index in [0.29, 0.717) is 51.7 Å². The fourth-order valence-electron chi connectivity index (χ4n) is 6.22. The maximum atomic E-state index is 13.9. The first-order valence-corrected chi connectivity index (χ1v) is 18.5. The van der Waals surface area contributed by atoms with E-state index in [9.17, 15) is 14.7 Å². The molecule has 11 heteroatoms.